The summed E-state index contributed by atoms with van der Waals surface area (Å²) in [4.78, 5) is 35.2. The van der Waals surface area contributed by atoms with Crippen LogP contribution in [0.3, 0.4) is 0 Å². The largest absolute Gasteiger partial charge is 0.493 e. The van der Waals surface area contributed by atoms with Gasteiger partial charge in [0.25, 0.3) is 5.91 Å². The third-order valence-electron chi connectivity index (χ3n) is 2.93. The fourth-order valence-electron chi connectivity index (χ4n) is 1.77. The average molecular weight is 338 g/mol. The van der Waals surface area contributed by atoms with Crippen LogP contribution < -0.4 is 20.1 Å². The predicted molar refractivity (Wildman–Crippen MR) is 86.3 cm³/mol. The molecular formula is C16H22N2O6. The molecule has 8 heteroatoms. The zero-order chi connectivity index (χ0) is 18.1. The van der Waals surface area contributed by atoms with Crippen LogP contribution >= 0.6 is 0 Å². The number of rotatable bonds is 7. The van der Waals surface area contributed by atoms with Crippen molar-refractivity contribution in [2.45, 2.75) is 26.9 Å². The van der Waals surface area contributed by atoms with E-state index in [1.54, 1.807) is 13.0 Å². The summed E-state index contributed by atoms with van der Waals surface area (Å²) in [7, 11) is 1.45. The van der Waals surface area contributed by atoms with Crippen molar-refractivity contribution in [3.63, 3.8) is 0 Å². The first kappa shape index (κ1) is 19.3. The number of carbonyl (C=O) groups is 3. The lowest BCUT2D eigenvalue weighted by molar-refractivity contribution is -0.127. The molecule has 1 aromatic rings. The van der Waals surface area contributed by atoms with E-state index in [4.69, 9.17) is 14.2 Å². The molecule has 1 rings (SSSR count). The van der Waals surface area contributed by atoms with Gasteiger partial charge in [0.15, 0.2) is 17.6 Å². The molecule has 0 heterocycles. The maximum atomic E-state index is 12.1. The first-order chi connectivity index (χ1) is 11.4. The van der Waals surface area contributed by atoms with Crippen molar-refractivity contribution < 1.29 is 28.6 Å². The van der Waals surface area contributed by atoms with Gasteiger partial charge in [-0.25, -0.2) is 9.59 Å². The van der Waals surface area contributed by atoms with Crippen molar-refractivity contribution in [2.24, 2.45) is 0 Å². The second-order valence-corrected chi connectivity index (χ2v) is 4.69. The van der Waals surface area contributed by atoms with E-state index in [0.29, 0.717) is 24.7 Å². The van der Waals surface area contributed by atoms with Gasteiger partial charge in [0.2, 0.25) is 0 Å². The summed E-state index contributed by atoms with van der Waals surface area (Å²) in [5.74, 6) is -0.550. The summed E-state index contributed by atoms with van der Waals surface area (Å²) >= 11 is 0. The molecule has 0 bridgehead atoms. The third kappa shape index (κ3) is 5.45. The summed E-state index contributed by atoms with van der Waals surface area (Å²) in [5.41, 5.74) is 0.202. The van der Waals surface area contributed by atoms with Gasteiger partial charge in [0, 0.05) is 6.54 Å². The van der Waals surface area contributed by atoms with E-state index >= 15 is 0 Å². The molecule has 1 atom stereocenters. The molecule has 2 N–H and O–H groups in total. The number of hydrogen-bond acceptors (Lipinski definition) is 6. The number of nitrogens with one attached hydrogen (secondary N) is 2. The first-order valence-corrected chi connectivity index (χ1v) is 7.53. The van der Waals surface area contributed by atoms with E-state index in [1.165, 1.54) is 26.2 Å². The fraction of sp³-hybridized carbons (Fsp3) is 0.438. The second kappa shape index (κ2) is 9.39. The van der Waals surface area contributed by atoms with Gasteiger partial charge in [-0.2, -0.15) is 0 Å². The highest BCUT2D eigenvalue weighted by Gasteiger charge is 2.21. The monoisotopic (exact) mass is 338 g/mol. The summed E-state index contributed by atoms with van der Waals surface area (Å²) in [6, 6.07) is 3.90. The number of esters is 1. The molecule has 0 aliphatic heterocycles. The Hall–Kier alpha value is -2.77. The van der Waals surface area contributed by atoms with Crippen molar-refractivity contribution in [2.75, 3.05) is 20.3 Å². The normalized spacial score (nSPS) is 11.2. The number of benzene rings is 1. The van der Waals surface area contributed by atoms with Gasteiger partial charge in [0.1, 0.15) is 0 Å². The molecule has 24 heavy (non-hydrogen) atoms. The van der Waals surface area contributed by atoms with E-state index < -0.39 is 24.0 Å². The van der Waals surface area contributed by atoms with Crippen molar-refractivity contribution in [3.05, 3.63) is 23.8 Å². The molecule has 0 unspecified atom stereocenters. The van der Waals surface area contributed by atoms with Crippen LogP contribution in [0, 0.1) is 0 Å². The Morgan fingerprint density at radius 1 is 1.17 bits per heavy atom. The van der Waals surface area contributed by atoms with Gasteiger partial charge in [-0.1, -0.05) is 0 Å². The number of urea groups is 1. The van der Waals surface area contributed by atoms with E-state index in [0.717, 1.165) is 0 Å². The Labute approximate surface area is 140 Å². The fourth-order valence-corrected chi connectivity index (χ4v) is 1.77. The van der Waals surface area contributed by atoms with Crippen LogP contribution in [0.1, 0.15) is 31.1 Å². The molecule has 0 aliphatic carbocycles. The van der Waals surface area contributed by atoms with Gasteiger partial charge in [0.05, 0.1) is 19.3 Å². The Morgan fingerprint density at radius 2 is 1.88 bits per heavy atom. The molecule has 0 fully saturated rings. The second-order valence-electron chi connectivity index (χ2n) is 4.69. The van der Waals surface area contributed by atoms with Crippen molar-refractivity contribution >= 4 is 17.9 Å². The van der Waals surface area contributed by atoms with Crippen molar-refractivity contribution in [1.29, 1.82) is 0 Å². The quantitative estimate of drug-likeness (QED) is 0.730. The van der Waals surface area contributed by atoms with Gasteiger partial charge >= 0.3 is 12.0 Å². The van der Waals surface area contributed by atoms with Crippen LogP contribution in [0.2, 0.25) is 0 Å². The smallest absolute Gasteiger partial charge is 0.339 e. The van der Waals surface area contributed by atoms with Crippen LogP contribution in [0.25, 0.3) is 0 Å². The molecule has 0 saturated heterocycles. The third-order valence-corrected chi connectivity index (χ3v) is 2.93. The summed E-state index contributed by atoms with van der Waals surface area (Å²) < 4.78 is 15.6. The maximum Gasteiger partial charge on any atom is 0.339 e. The predicted octanol–water partition coefficient (Wildman–Crippen LogP) is 1.48. The van der Waals surface area contributed by atoms with Gasteiger partial charge in [-0.15, -0.1) is 0 Å². The number of imide groups is 1. The number of methoxy groups -OCH3 is 1. The lowest BCUT2D eigenvalue weighted by Crippen LogP contribution is -2.44. The summed E-state index contributed by atoms with van der Waals surface area (Å²) in [6.45, 7) is 5.75. The van der Waals surface area contributed by atoms with Gasteiger partial charge in [-0.3, -0.25) is 10.1 Å². The van der Waals surface area contributed by atoms with E-state index in [9.17, 15) is 14.4 Å². The van der Waals surface area contributed by atoms with Crippen LogP contribution in [0.4, 0.5) is 4.79 Å². The Bertz CT molecular complexity index is 602. The van der Waals surface area contributed by atoms with Gasteiger partial charge < -0.3 is 19.5 Å². The lowest BCUT2D eigenvalue weighted by Gasteiger charge is -2.14. The SMILES string of the molecule is CCNC(=O)NC(=O)[C@@H](C)OC(=O)c1ccc(OCC)c(OC)c1. The minimum absolute atomic E-state index is 0.202. The maximum absolute atomic E-state index is 12.1. The van der Waals surface area contributed by atoms with Gasteiger partial charge in [-0.05, 0) is 39.0 Å². The lowest BCUT2D eigenvalue weighted by atomic mass is 10.2. The summed E-state index contributed by atoms with van der Waals surface area (Å²) in [6.07, 6.45) is -1.13. The standard InChI is InChI=1S/C16H22N2O6/c1-5-17-16(21)18-14(19)10(3)24-15(20)11-7-8-12(23-6-2)13(9-11)22-4/h7-10H,5-6H2,1-4H3,(H2,17,18,19,21)/t10-/m1/s1. The van der Waals surface area contributed by atoms with E-state index in [2.05, 4.69) is 10.6 Å². The van der Waals surface area contributed by atoms with Crippen LogP contribution in [0.15, 0.2) is 18.2 Å². The van der Waals surface area contributed by atoms with E-state index in [1.807, 2.05) is 6.92 Å². The Balaban J connectivity index is 2.73. The van der Waals surface area contributed by atoms with Crippen LogP contribution in [0.5, 0.6) is 11.5 Å². The Morgan fingerprint density at radius 3 is 2.46 bits per heavy atom. The number of hydrogen-bond donors (Lipinski definition) is 2. The minimum Gasteiger partial charge on any atom is -0.493 e. The highest BCUT2D eigenvalue weighted by atomic mass is 16.5. The number of ether oxygens (including phenoxy) is 3. The zero-order valence-corrected chi connectivity index (χ0v) is 14.2. The molecule has 132 valence electrons. The number of carbonyl (C=O) groups excluding carboxylic acids is 3. The molecule has 0 aromatic heterocycles. The van der Waals surface area contributed by atoms with Crippen LogP contribution in [-0.4, -0.2) is 44.3 Å². The minimum atomic E-state index is -1.13. The molecular weight excluding hydrogens is 316 g/mol. The molecule has 0 aliphatic rings. The molecule has 3 amide bonds. The highest BCUT2D eigenvalue weighted by Crippen LogP contribution is 2.28. The molecule has 0 spiro atoms. The van der Waals surface area contributed by atoms with Crippen molar-refractivity contribution in [3.8, 4) is 11.5 Å². The van der Waals surface area contributed by atoms with Crippen molar-refractivity contribution in [1.82, 2.24) is 10.6 Å². The molecule has 0 saturated carbocycles. The van der Waals surface area contributed by atoms with Crippen LogP contribution in [-0.2, 0) is 9.53 Å². The molecule has 8 nitrogen and oxygen atoms in total. The molecule has 0 radical (unpaired) electrons. The first-order valence-electron chi connectivity index (χ1n) is 7.53. The zero-order valence-electron chi connectivity index (χ0n) is 14.2. The topological polar surface area (TPSA) is 103 Å². The average Bonchev–Trinajstić information content (AvgIpc) is 2.55. The molecule has 1 aromatic carbocycles. The number of amides is 3. The van der Waals surface area contributed by atoms with E-state index in [-0.39, 0.29) is 5.56 Å². The summed E-state index contributed by atoms with van der Waals surface area (Å²) in [5, 5.41) is 4.48. The highest BCUT2D eigenvalue weighted by molar-refractivity contribution is 5.98. The Kier molecular flexibility index (Phi) is 7.54.